The summed E-state index contributed by atoms with van der Waals surface area (Å²) in [5, 5.41) is 3.45. The number of nitrogens with zero attached hydrogens (tertiary/aromatic N) is 3. The monoisotopic (exact) mass is 458 g/mol. The summed E-state index contributed by atoms with van der Waals surface area (Å²) in [7, 11) is 2.04. The van der Waals surface area contributed by atoms with Crippen LogP contribution >= 0.6 is 0 Å². The van der Waals surface area contributed by atoms with Gasteiger partial charge in [-0.3, -0.25) is 14.6 Å². The van der Waals surface area contributed by atoms with Gasteiger partial charge in [-0.1, -0.05) is 30.8 Å². The number of hydrogen-bond acceptors (Lipinski definition) is 4. The lowest BCUT2D eigenvalue weighted by Crippen LogP contribution is -2.55. The van der Waals surface area contributed by atoms with Crippen molar-refractivity contribution >= 4 is 11.6 Å². The van der Waals surface area contributed by atoms with E-state index in [1.54, 1.807) is 11.0 Å². The first-order chi connectivity index (χ1) is 15.6. The standard InChI is InChI=1S/C25H29F3N4O/c1-5-23(33)31-10-12-32(13-11-31)24-20-14-16(2)19(15-22(20)29-17(3)30(24)4)18-8-6-7-9-21(18)25(26,27)28/h5-9,14-15,17,24,29H,1,10-13H2,2-4H3. The Labute approximate surface area is 192 Å². The number of hydrogen-bond donors (Lipinski definition) is 1. The zero-order valence-corrected chi connectivity index (χ0v) is 19.1. The van der Waals surface area contributed by atoms with Crippen molar-refractivity contribution in [3.8, 4) is 11.1 Å². The number of carbonyl (C=O) groups excluding carboxylic acids is 1. The van der Waals surface area contributed by atoms with Gasteiger partial charge in [0, 0.05) is 37.4 Å². The lowest BCUT2D eigenvalue weighted by atomic mass is 9.91. The molecule has 1 N–H and O–H groups in total. The molecule has 4 rings (SSSR count). The van der Waals surface area contributed by atoms with Gasteiger partial charge in [0.15, 0.2) is 0 Å². The van der Waals surface area contributed by atoms with E-state index < -0.39 is 11.7 Å². The highest BCUT2D eigenvalue weighted by molar-refractivity contribution is 5.87. The van der Waals surface area contributed by atoms with Crippen molar-refractivity contribution in [3.05, 3.63) is 65.7 Å². The summed E-state index contributed by atoms with van der Waals surface area (Å²) in [6, 6.07) is 9.57. The third-order valence-electron chi connectivity index (χ3n) is 6.70. The molecule has 176 valence electrons. The number of carbonyl (C=O) groups is 1. The van der Waals surface area contributed by atoms with Crippen molar-refractivity contribution in [2.24, 2.45) is 0 Å². The van der Waals surface area contributed by atoms with Crippen LogP contribution in [0.2, 0.25) is 0 Å². The maximum Gasteiger partial charge on any atom is 0.417 e. The van der Waals surface area contributed by atoms with Gasteiger partial charge in [-0.05, 0) is 55.8 Å². The van der Waals surface area contributed by atoms with Gasteiger partial charge in [0.2, 0.25) is 5.91 Å². The van der Waals surface area contributed by atoms with E-state index in [0.717, 1.165) is 22.9 Å². The fraction of sp³-hybridized carbons (Fsp3) is 0.400. The van der Waals surface area contributed by atoms with E-state index in [1.807, 2.05) is 33.0 Å². The van der Waals surface area contributed by atoms with Gasteiger partial charge in [-0.15, -0.1) is 0 Å². The van der Waals surface area contributed by atoms with E-state index in [2.05, 4.69) is 21.7 Å². The minimum Gasteiger partial charge on any atom is -0.370 e. The number of amides is 1. The molecule has 2 heterocycles. The Hall–Kier alpha value is -2.84. The smallest absolute Gasteiger partial charge is 0.370 e. The maximum atomic E-state index is 13.7. The van der Waals surface area contributed by atoms with Crippen LogP contribution in [0.5, 0.6) is 0 Å². The number of fused-ring (bicyclic) bond motifs is 1. The van der Waals surface area contributed by atoms with Gasteiger partial charge in [-0.2, -0.15) is 13.2 Å². The van der Waals surface area contributed by atoms with Crippen molar-refractivity contribution in [2.45, 2.75) is 32.4 Å². The predicted octanol–water partition coefficient (Wildman–Crippen LogP) is 4.71. The molecule has 5 nitrogen and oxygen atoms in total. The summed E-state index contributed by atoms with van der Waals surface area (Å²) >= 11 is 0. The molecule has 33 heavy (non-hydrogen) atoms. The molecule has 1 saturated heterocycles. The second kappa shape index (κ2) is 8.83. The Bertz CT molecular complexity index is 1060. The van der Waals surface area contributed by atoms with Crippen LogP contribution in [0, 0.1) is 6.92 Å². The molecule has 0 spiro atoms. The molecule has 2 aliphatic heterocycles. The summed E-state index contributed by atoms with van der Waals surface area (Å²) in [5.41, 5.74) is 2.80. The van der Waals surface area contributed by atoms with Crippen molar-refractivity contribution in [1.82, 2.24) is 14.7 Å². The number of benzene rings is 2. The van der Waals surface area contributed by atoms with Gasteiger partial charge in [0.05, 0.1) is 17.9 Å². The van der Waals surface area contributed by atoms with Crippen LogP contribution < -0.4 is 5.32 Å². The largest absolute Gasteiger partial charge is 0.417 e. The molecule has 2 aromatic rings. The Balaban J connectivity index is 1.72. The molecule has 0 radical (unpaired) electrons. The minimum atomic E-state index is -4.43. The summed E-state index contributed by atoms with van der Waals surface area (Å²) in [4.78, 5) is 18.3. The predicted molar refractivity (Wildman–Crippen MR) is 124 cm³/mol. The van der Waals surface area contributed by atoms with Crippen LogP contribution in [0.1, 0.15) is 29.8 Å². The minimum absolute atomic E-state index is 0.0104. The molecule has 2 unspecified atom stereocenters. The highest BCUT2D eigenvalue weighted by atomic mass is 19.4. The quantitative estimate of drug-likeness (QED) is 0.676. The van der Waals surface area contributed by atoms with E-state index >= 15 is 0 Å². The Morgan fingerprint density at radius 3 is 2.42 bits per heavy atom. The Morgan fingerprint density at radius 2 is 1.79 bits per heavy atom. The summed E-state index contributed by atoms with van der Waals surface area (Å²) in [6.45, 7) is 10.1. The molecule has 2 aromatic carbocycles. The summed E-state index contributed by atoms with van der Waals surface area (Å²) in [6.07, 6.45) is -3.13. The fourth-order valence-corrected chi connectivity index (χ4v) is 4.85. The zero-order chi connectivity index (χ0) is 23.9. The van der Waals surface area contributed by atoms with Crippen LogP contribution in [-0.2, 0) is 11.0 Å². The molecular formula is C25H29F3N4O. The van der Waals surface area contributed by atoms with Crippen LogP contribution in [0.25, 0.3) is 11.1 Å². The number of halogens is 3. The van der Waals surface area contributed by atoms with Crippen molar-refractivity contribution < 1.29 is 18.0 Å². The molecule has 0 bridgehead atoms. The number of rotatable bonds is 3. The Kier molecular flexibility index (Phi) is 6.24. The first-order valence-corrected chi connectivity index (χ1v) is 11.1. The topological polar surface area (TPSA) is 38.8 Å². The van der Waals surface area contributed by atoms with Gasteiger partial charge >= 0.3 is 6.18 Å². The van der Waals surface area contributed by atoms with Gasteiger partial charge in [-0.25, -0.2) is 0 Å². The number of nitrogens with one attached hydrogen (secondary N) is 1. The highest BCUT2D eigenvalue weighted by Gasteiger charge is 2.37. The van der Waals surface area contributed by atoms with Crippen molar-refractivity contribution in [1.29, 1.82) is 0 Å². The molecular weight excluding hydrogens is 429 g/mol. The molecule has 0 aromatic heterocycles. The molecule has 8 heteroatoms. The summed E-state index contributed by atoms with van der Waals surface area (Å²) < 4.78 is 41.0. The first-order valence-electron chi connectivity index (χ1n) is 11.1. The first kappa shape index (κ1) is 23.3. The van der Waals surface area contributed by atoms with E-state index in [9.17, 15) is 18.0 Å². The molecule has 0 saturated carbocycles. The van der Waals surface area contributed by atoms with E-state index in [-0.39, 0.29) is 23.8 Å². The molecule has 2 aliphatic rings. The lowest BCUT2D eigenvalue weighted by molar-refractivity contribution is -0.137. The fourth-order valence-electron chi connectivity index (χ4n) is 4.85. The maximum absolute atomic E-state index is 13.7. The molecule has 1 fully saturated rings. The average Bonchev–Trinajstić information content (AvgIpc) is 2.79. The van der Waals surface area contributed by atoms with E-state index in [0.29, 0.717) is 31.7 Å². The average molecular weight is 459 g/mol. The molecule has 2 atom stereocenters. The number of aryl methyl sites for hydroxylation is 1. The normalized spacial score (nSPS) is 21.9. The van der Waals surface area contributed by atoms with Crippen molar-refractivity contribution in [3.63, 3.8) is 0 Å². The number of anilines is 1. The third-order valence-corrected chi connectivity index (χ3v) is 6.70. The van der Waals surface area contributed by atoms with Gasteiger partial charge < -0.3 is 10.2 Å². The Morgan fingerprint density at radius 1 is 1.12 bits per heavy atom. The second-order valence-corrected chi connectivity index (χ2v) is 8.72. The van der Waals surface area contributed by atoms with Crippen LogP contribution in [0.15, 0.2) is 49.1 Å². The number of alkyl halides is 3. The van der Waals surface area contributed by atoms with Crippen LogP contribution in [0.4, 0.5) is 18.9 Å². The van der Waals surface area contributed by atoms with Gasteiger partial charge in [0.1, 0.15) is 0 Å². The second-order valence-electron chi connectivity index (χ2n) is 8.72. The van der Waals surface area contributed by atoms with Crippen molar-refractivity contribution in [2.75, 3.05) is 38.5 Å². The van der Waals surface area contributed by atoms with E-state index in [4.69, 9.17) is 0 Å². The van der Waals surface area contributed by atoms with Gasteiger partial charge in [0.25, 0.3) is 0 Å². The number of piperazine rings is 1. The highest BCUT2D eigenvalue weighted by Crippen LogP contribution is 2.43. The molecule has 0 aliphatic carbocycles. The van der Waals surface area contributed by atoms with Crippen LogP contribution in [0.3, 0.4) is 0 Å². The van der Waals surface area contributed by atoms with E-state index in [1.165, 1.54) is 18.2 Å². The molecule has 1 amide bonds. The summed E-state index contributed by atoms with van der Waals surface area (Å²) in [5.74, 6) is -0.0640. The third kappa shape index (κ3) is 4.37. The van der Waals surface area contributed by atoms with Crippen LogP contribution in [-0.4, -0.2) is 60.0 Å². The SMILES string of the molecule is C=CC(=O)N1CCN(C2c3cc(C)c(-c4ccccc4C(F)(F)F)cc3NC(C)N2C)CC1. The zero-order valence-electron chi connectivity index (χ0n) is 19.1. The lowest BCUT2D eigenvalue weighted by Gasteiger charge is -2.48.